The van der Waals surface area contributed by atoms with Crippen LogP contribution in [0.25, 0.3) is 0 Å². The highest BCUT2D eigenvalue weighted by Crippen LogP contribution is 2.12. The first kappa shape index (κ1) is 14.4. The maximum absolute atomic E-state index is 11.6. The molecule has 8 nitrogen and oxygen atoms in total. The zero-order chi connectivity index (χ0) is 14.2. The molecule has 2 aromatic heterocycles. The summed E-state index contributed by atoms with van der Waals surface area (Å²) in [5.41, 5.74) is 0. The number of hydrogen-bond donors (Lipinski definition) is 0. The van der Waals surface area contributed by atoms with Crippen molar-refractivity contribution in [1.29, 1.82) is 0 Å². The van der Waals surface area contributed by atoms with E-state index >= 15 is 0 Å². The minimum absolute atomic E-state index is 0.142. The first-order valence-electron chi connectivity index (χ1n) is 5.77. The fourth-order valence-corrected chi connectivity index (χ4v) is 1.84. The normalized spacial score (nSPS) is 11.8. The Morgan fingerprint density at radius 2 is 2.30 bits per heavy atom. The number of aromatic nitrogens is 4. The molecule has 2 rings (SSSR count). The smallest absolute Gasteiger partial charge is 0.320 e. The third kappa shape index (κ3) is 4.59. The van der Waals surface area contributed by atoms with Gasteiger partial charge in [0.25, 0.3) is 6.20 Å². The molecule has 0 saturated heterocycles. The molecule has 20 heavy (non-hydrogen) atoms. The quantitative estimate of drug-likeness (QED) is 0.225. The molecule has 0 bridgehead atoms. The Hall–Kier alpha value is -2.00. The number of aliphatic imine (C=N–C) groups is 1. The van der Waals surface area contributed by atoms with Crippen LogP contribution in [0.3, 0.4) is 0 Å². The summed E-state index contributed by atoms with van der Waals surface area (Å²) in [4.78, 5) is 11.8. The van der Waals surface area contributed by atoms with Crippen LogP contribution in [-0.2, 0) is 11.3 Å². The standard InChI is InChI=1S/C11H13N5O3S/c1-18-6-5-16-7-10(19-15-16)14-9(17)8-20-11-12-3-2-4-13-11/h2-4,7H,5-6,8H2,1H3. The average Bonchev–Trinajstić information content (AvgIpc) is 2.91. The Bertz CT molecular complexity index is 560. The lowest BCUT2D eigenvalue weighted by Gasteiger charge is -2.06. The number of thioether (sulfide) groups is 1. The Balaban J connectivity index is 1.88. The number of rotatable bonds is 7. The summed E-state index contributed by atoms with van der Waals surface area (Å²) in [7, 11) is 1.60. The second-order valence-electron chi connectivity index (χ2n) is 3.62. The molecule has 106 valence electrons. The second kappa shape index (κ2) is 7.56. The first-order valence-corrected chi connectivity index (χ1v) is 6.76. The summed E-state index contributed by atoms with van der Waals surface area (Å²) in [6.45, 7) is 1.04. The van der Waals surface area contributed by atoms with Gasteiger partial charge in [-0.05, 0) is 16.6 Å². The molecule has 2 heterocycles. The summed E-state index contributed by atoms with van der Waals surface area (Å²) >= 11 is 1.21. The number of hydrogen-bond acceptors (Lipinski definition) is 8. The van der Waals surface area contributed by atoms with Crippen molar-refractivity contribution in [2.24, 2.45) is 4.99 Å². The summed E-state index contributed by atoms with van der Waals surface area (Å²) in [5, 5.41) is 15.9. The lowest BCUT2D eigenvalue weighted by molar-refractivity contribution is -0.763. The van der Waals surface area contributed by atoms with Gasteiger partial charge in [-0.3, -0.25) is 4.52 Å². The van der Waals surface area contributed by atoms with E-state index in [0.717, 1.165) is 0 Å². The van der Waals surface area contributed by atoms with Crippen molar-refractivity contribution < 1.29 is 19.0 Å². The molecule has 0 N–H and O–H groups in total. The van der Waals surface area contributed by atoms with Crippen LogP contribution < -0.4 is 9.79 Å². The van der Waals surface area contributed by atoms with E-state index in [1.165, 1.54) is 16.4 Å². The van der Waals surface area contributed by atoms with Crippen molar-refractivity contribution in [2.75, 3.05) is 19.5 Å². The molecular weight excluding hydrogens is 282 g/mol. The van der Waals surface area contributed by atoms with Crippen molar-refractivity contribution in [1.82, 2.24) is 15.2 Å². The van der Waals surface area contributed by atoms with Gasteiger partial charge in [-0.15, -0.1) is 0 Å². The molecular formula is C11H13N5O3S. The first-order chi connectivity index (χ1) is 9.78. The molecule has 0 saturated carbocycles. The highest BCUT2D eigenvalue weighted by Gasteiger charge is 2.09. The predicted molar refractivity (Wildman–Crippen MR) is 68.4 cm³/mol. The minimum Gasteiger partial charge on any atom is -0.861 e. The molecule has 0 unspecified atom stereocenters. The fraction of sp³-hybridized carbons (Fsp3) is 0.364. The van der Waals surface area contributed by atoms with Crippen LogP contribution in [0, 0.1) is 0 Å². The highest BCUT2D eigenvalue weighted by atomic mass is 32.2. The molecule has 9 heteroatoms. The molecule has 0 aliphatic heterocycles. The largest absolute Gasteiger partial charge is 0.861 e. The van der Waals surface area contributed by atoms with Crippen molar-refractivity contribution in [3.8, 4) is 0 Å². The molecule has 0 spiro atoms. The molecule has 2 aromatic rings. The molecule has 0 atom stereocenters. The van der Waals surface area contributed by atoms with Gasteiger partial charge in [0, 0.05) is 25.3 Å². The average molecular weight is 295 g/mol. The lowest BCUT2D eigenvalue weighted by atomic mass is 10.6. The van der Waals surface area contributed by atoms with Crippen LogP contribution in [-0.4, -0.2) is 40.6 Å². The van der Waals surface area contributed by atoms with Crippen LogP contribution in [0.2, 0.25) is 0 Å². The molecule has 0 aliphatic rings. The third-order valence-corrected chi connectivity index (χ3v) is 2.99. The maximum atomic E-state index is 11.6. The van der Waals surface area contributed by atoms with E-state index in [4.69, 9.17) is 9.26 Å². The molecule has 0 radical (unpaired) electrons. The second-order valence-corrected chi connectivity index (χ2v) is 4.56. The Morgan fingerprint density at radius 1 is 1.50 bits per heavy atom. The van der Waals surface area contributed by atoms with Gasteiger partial charge in [0.2, 0.25) is 11.8 Å². The Morgan fingerprint density at radius 3 is 3.05 bits per heavy atom. The highest BCUT2D eigenvalue weighted by molar-refractivity contribution is 7.99. The summed E-state index contributed by atoms with van der Waals surface area (Å²) in [6, 6.07) is 1.71. The fourth-order valence-electron chi connectivity index (χ4n) is 1.25. The lowest BCUT2D eigenvalue weighted by Crippen LogP contribution is -2.36. The summed E-state index contributed by atoms with van der Waals surface area (Å²) in [6.07, 6.45) is 4.78. The van der Waals surface area contributed by atoms with Gasteiger partial charge in [0.1, 0.15) is 6.61 Å². The van der Waals surface area contributed by atoms with Crippen molar-refractivity contribution >= 4 is 23.5 Å². The van der Waals surface area contributed by atoms with Crippen LogP contribution >= 0.6 is 11.8 Å². The predicted octanol–water partition coefficient (Wildman–Crippen LogP) is -0.419. The minimum atomic E-state index is -0.336. The number of methoxy groups -OCH3 is 1. The van der Waals surface area contributed by atoms with Gasteiger partial charge >= 0.3 is 5.88 Å². The van der Waals surface area contributed by atoms with E-state index in [0.29, 0.717) is 18.3 Å². The van der Waals surface area contributed by atoms with Crippen molar-refractivity contribution in [3.05, 3.63) is 24.7 Å². The van der Waals surface area contributed by atoms with Crippen LogP contribution in [0.5, 0.6) is 0 Å². The molecule has 0 aliphatic carbocycles. The molecule has 0 fully saturated rings. The van der Waals surface area contributed by atoms with Gasteiger partial charge < -0.3 is 9.84 Å². The van der Waals surface area contributed by atoms with Crippen LogP contribution in [0.4, 0.5) is 5.88 Å². The van der Waals surface area contributed by atoms with Crippen LogP contribution in [0.15, 0.2) is 39.3 Å². The van der Waals surface area contributed by atoms with Gasteiger partial charge in [-0.25, -0.2) is 15.0 Å². The van der Waals surface area contributed by atoms with Crippen molar-refractivity contribution in [2.45, 2.75) is 11.7 Å². The monoisotopic (exact) mass is 295 g/mol. The number of ether oxygens (including phenoxy) is 1. The maximum Gasteiger partial charge on any atom is 0.320 e. The van der Waals surface area contributed by atoms with Gasteiger partial charge in [0.15, 0.2) is 5.16 Å². The van der Waals surface area contributed by atoms with E-state index < -0.39 is 0 Å². The van der Waals surface area contributed by atoms with E-state index in [-0.39, 0.29) is 17.5 Å². The Kier molecular flexibility index (Phi) is 5.44. The van der Waals surface area contributed by atoms with E-state index in [1.54, 1.807) is 31.8 Å². The summed E-state index contributed by atoms with van der Waals surface area (Å²) < 4.78 is 11.3. The zero-order valence-electron chi connectivity index (χ0n) is 10.8. The molecule has 0 amide bonds. The number of nitrogens with zero attached hydrogens (tertiary/aromatic N) is 5. The third-order valence-electron chi connectivity index (χ3n) is 2.12. The zero-order valence-corrected chi connectivity index (χ0v) is 11.6. The van der Waals surface area contributed by atoms with Crippen LogP contribution in [0.1, 0.15) is 0 Å². The van der Waals surface area contributed by atoms with E-state index in [9.17, 15) is 5.11 Å². The molecule has 0 aromatic carbocycles. The Labute approximate surface area is 119 Å². The SMILES string of the molecule is COCC[n+]1cc(/N=C(\[O-])CSc2ncccn2)on1. The van der Waals surface area contributed by atoms with E-state index in [2.05, 4.69) is 20.2 Å². The summed E-state index contributed by atoms with van der Waals surface area (Å²) in [5.74, 6) is -0.0267. The van der Waals surface area contributed by atoms with Gasteiger partial charge in [-0.2, -0.15) is 0 Å². The van der Waals surface area contributed by atoms with Gasteiger partial charge in [-0.1, -0.05) is 11.8 Å². The van der Waals surface area contributed by atoms with Gasteiger partial charge in [0.05, 0.1) is 0 Å². The van der Waals surface area contributed by atoms with Crippen molar-refractivity contribution in [3.63, 3.8) is 0 Å². The van der Waals surface area contributed by atoms with E-state index in [1.807, 2.05) is 0 Å². The topological polar surface area (TPSA) is 100 Å².